The summed E-state index contributed by atoms with van der Waals surface area (Å²) in [5, 5.41) is 6.91. The minimum absolute atomic E-state index is 0.0641. The highest BCUT2D eigenvalue weighted by molar-refractivity contribution is 5.74. The molecule has 1 fully saturated rings. The zero-order valence-electron chi connectivity index (χ0n) is 12.9. The SMILES string of the molecule is O=C(NCCn1cncn1)N1CCCCC1c1cccc(F)c1. The summed E-state index contributed by atoms with van der Waals surface area (Å²) in [6.45, 7) is 1.75. The molecule has 3 rings (SSSR count). The Morgan fingerprint density at radius 2 is 2.30 bits per heavy atom. The lowest BCUT2D eigenvalue weighted by molar-refractivity contribution is 0.151. The fourth-order valence-corrected chi connectivity index (χ4v) is 2.96. The maximum atomic E-state index is 13.5. The molecule has 1 atom stereocenters. The summed E-state index contributed by atoms with van der Waals surface area (Å²) in [6.07, 6.45) is 5.96. The van der Waals surface area contributed by atoms with Gasteiger partial charge in [-0.1, -0.05) is 12.1 Å². The van der Waals surface area contributed by atoms with Crippen molar-refractivity contribution < 1.29 is 9.18 Å². The first kappa shape index (κ1) is 15.5. The van der Waals surface area contributed by atoms with Gasteiger partial charge in [0.2, 0.25) is 0 Å². The van der Waals surface area contributed by atoms with Crippen molar-refractivity contribution in [1.29, 1.82) is 0 Å². The van der Waals surface area contributed by atoms with Crippen LogP contribution in [-0.4, -0.2) is 38.8 Å². The third-order valence-electron chi connectivity index (χ3n) is 4.08. The Balaban J connectivity index is 1.62. The normalized spacial score (nSPS) is 18.0. The molecule has 122 valence electrons. The summed E-state index contributed by atoms with van der Waals surface area (Å²) in [4.78, 5) is 18.1. The molecule has 1 aliphatic rings. The van der Waals surface area contributed by atoms with E-state index in [1.165, 1.54) is 18.5 Å². The number of rotatable bonds is 4. The minimum Gasteiger partial charge on any atom is -0.336 e. The van der Waals surface area contributed by atoms with Crippen molar-refractivity contribution in [3.63, 3.8) is 0 Å². The molecule has 0 bridgehead atoms. The van der Waals surface area contributed by atoms with Crippen LogP contribution in [0.25, 0.3) is 0 Å². The van der Waals surface area contributed by atoms with Crippen molar-refractivity contribution in [2.75, 3.05) is 13.1 Å². The average Bonchev–Trinajstić information content (AvgIpc) is 3.08. The minimum atomic E-state index is -0.264. The van der Waals surface area contributed by atoms with Crippen molar-refractivity contribution in [2.45, 2.75) is 31.8 Å². The van der Waals surface area contributed by atoms with Gasteiger partial charge in [-0.2, -0.15) is 5.10 Å². The molecule has 1 N–H and O–H groups in total. The van der Waals surface area contributed by atoms with Gasteiger partial charge in [0.05, 0.1) is 12.6 Å². The van der Waals surface area contributed by atoms with E-state index >= 15 is 0 Å². The average molecular weight is 317 g/mol. The first-order valence-corrected chi connectivity index (χ1v) is 7.86. The molecule has 6 nitrogen and oxygen atoms in total. The van der Waals surface area contributed by atoms with Gasteiger partial charge in [0.1, 0.15) is 18.5 Å². The second kappa shape index (κ2) is 7.21. The predicted octanol–water partition coefficient (Wildman–Crippen LogP) is 2.35. The van der Waals surface area contributed by atoms with Crippen LogP contribution in [0.15, 0.2) is 36.9 Å². The van der Waals surface area contributed by atoms with Gasteiger partial charge in [0.15, 0.2) is 0 Å². The molecule has 1 aromatic heterocycles. The molecule has 2 aromatic rings. The second-order valence-electron chi connectivity index (χ2n) is 5.65. The molecular weight excluding hydrogens is 297 g/mol. The number of aromatic nitrogens is 3. The number of hydrogen-bond donors (Lipinski definition) is 1. The number of nitrogens with zero attached hydrogens (tertiary/aromatic N) is 4. The number of halogens is 1. The maximum absolute atomic E-state index is 13.5. The number of piperidine rings is 1. The molecule has 23 heavy (non-hydrogen) atoms. The van der Waals surface area contributed by atoms with Crippen LogP contribution in [0.2, 0.25) is 0 Å². The van der Waals surface area contributed by atoms with Crippen molar-refractivity contribution in [3.05, 3.63) is 48.3 Å². The zero-order valence-corrected chi connectivity index (χ0v) is 12.9. The molecule has 0 saturated carbocycles. The van der Waals surface area contributed by atoms with Crippen LogP contribution in [-0.2, 0) is 6.54 Å². The smallest absolute Gasteiger partial charge is 0.317 e. The van der Waals surface area contributed by atoms with Gasteiger partial charge >= 0.3 is 6.03 Å². The summed E-state index contributed by atoms with van der Waals surface area (Å²) < 4.78 is 15.1. The molecule has 1 unspecified atom stereocenters. The van der Waals surface area contributed by atoms with Gasteiger partial charge in [-0.15, -0.1) is 0 Å². The highest BCUT2D eigenvalue weighted by Gasteiger charge is 2.27. The molecule has 2 amide bonds. The first-order valence-electron chi connectivity index (χ1n) is 7.86. The molecule has 0 aliphatic carbocycles. The van der Waals surface area contributed by atoms with Crippen molar-refractivity contribution >= 4 is 6.03 Å². The maximum Gasteiger partial charge on any atom is 0.317 e. The summed E-state index contributed by atoms with van der Waals surface area (Å²) in [6, 6.07) is 6.35. The van der Waals surface area contributed by atoms with E-state index in [1.807, 2.05) is 6.07 Å². The summed E-state index contributed by atoms with van der Waals surface area (Å²) in [5.41, 5.74) is 0.858. The van der Waals surface area contributed by atoms with E-state index < -0.39 is 0 Å². The molecule has 0 spiro atoms. The van der Waals surface area contributed by atoms with Crippen LogP contribution in [0, 0.1) is 5.82 Å². The van der Waals surface area contributed by atoms with Crippen molar-refractivity contribution in [3.8, 4) is 0 Å². The standard InChI is InChI=1S/C16H20FN5O/c17-14-5-3-4-13(10-14)15-6-1-2-8-22(15)16(23)19-7-9-21-12-18-11-20-21/h3-5,10-12,15H,1-2,6-9H2,(H,19,23). The van der Waals surface area contributed by atoms with E-state index in [2.05, 4.69) is 15.4 Å². The highest BCUT2D eigenvalue weighted by Crippen LogP contribution is 2.31. The van der Waals surface area contributed by atoms with Gasteiger partial charge in [-0.05, 0) is 37.0 Å². The molecule has 1 aliphatic heterocycles. The van der Waals surface area contributed by atoms with Gasteiger partial charge in [-0.25, -0.2) is 14.2 Å². The van der Waals surface area contributed by atoms with Crippen LogP contribution in [0.1, 0.15) is 30.9 Å². The number of carbonyl (C=O) groups excluding carboxylic acids is 1. The lowest BCUT2D eigenvalue weighted by atomic mass is 9.95. The monoisotopic (exact) mass is 317 g/mol. The van der Waals surface area contributed by atoms with E-state index in [0.717, 1.165) is 24.8 Å². The first-order chi connectivity index (χ1) is 11.2. The van der Waals surface area contributed by atoms with E-state index in [4.69, 9.17) is 0 Å². The number of nitrogens with one attached hydrogen (secondary N) is 1. The Morgan fingerprint density at radius 3 is 3.09 bits per heavy atom. The summed E-state index contributed by atoms with van der Waals surface area (Å²) in [7, 11) is 0. The van der Waals surface area contributed by atoms with Crippen LogP contribution >= 0.6 is 0 Å². The number of hydrogen-bond acceptors (Lipinski definition) is 3. The van der Waals surface area contributed by atoms with Crippen LogP contribution in [0.3, 0.4) is 0 Å². The zero-order chi connectivity index (χ0) is 16.1. The fourth-order valence-electron chi connectivity index (χ4n) is 2.96. The molecular formula is C16H20FN5O. The van der Waals surface area contributed by atoms with E-state index in [0.29, 0.717) is 19.6 Å². The Morgan fingerprint density at radius 1 is 1.39 bits per heavy atom. The molecule has 7 heteroatoms. The highest BCUT2D eigenvalue weighted by atomic mass is 19.1. The molecule has 0 radical (unpaired) electrons. The van der Waals surface area contributed by atoms with Crippen LogP contribution in [0.5, 0.6) is 0 Å². The van der Waals surface area contributed by atoms with Crippen molar-refractivity contribution in [1.82, 2.24) is 25.0 Å². The van der Waals surface area contributed by atoms with E-state index in [1.54, 1.807) is 22.0 Å². The van der Waals surface area contributed by atoms with Crippen molar-refractivity contribution in [2.24, 2.45) is 0 Å². The third-order valence-corrected chi connectivity index (χ3v) is 4.08. The lowest BCUT2D eigenvalue weighted by Crippen LogP contribution is -2.45. The number of carbonyl (C=O) groups is 1. The summed E-state index contributed by atoms with van der Waals surface area (Å²) >= 11 is 0. The quantitative estimate of drug-likeness (QED) is 0.941. The third kappa shape index (κ3) is 3.85. The largest absolute Gasteiger partial charge is 0.336 e. The summed E-state index contributed by atoms with van der Waals surface area (Å²) in [5.74, 6) is -0.264. The predicted molar refractivity (Wildman–Crippen MR) is 83.1 cm³/mol. The molecule has 2 heterocycles. The Bertz CT molecular complexity index is 646. The number of likely N-dealkylation sites (tertiary alicyclic amines) is 1. The van der Waals surface area contributed by atoms with E-state index in [9.17, 15) is 9.18 Å². The van der Waals surface area contributed by atoms with Gasteiger partial charge in [0, 0.05) is 13.1 Å². The number of urea groups is 1. The van der Waals surface area contributed by atoms with Crippen LogP contribution < -0.4 is 5.32 Å². The van der Waals surface area contributed by atoms with Gasteiger partial charge < -0.3 is 10.2 Å². The Hall–Kier alpha value is -2.44. The van der Waals surface area contributed by atoms with Crippen LogP contribution in [0.4, 0.5) is 9.18 Å². The fraction of sp³-hybridized carbons (Fsp3) is 0.438. The Labute approximate surface area is 134 Å². The number of amides is 2. The second-order valence-corrected chi connectivity index (χ2v) is 5.65. The van der Waals surface area contributed by atoms with Gasteiger partial charge in [-0.3, -0.25) is 4.68 Å². The Kier molecular flexibility index (Phi) is 4.85. The lowest BCUT2D eigenvalue weighted by Gasteiger charge is -2.36. The molecule has 1 saturated heterocycles. The van der Waals surface area contributed by atoms with Gasteiger partial charge in [0.25, 0.3) is 0 Å². The van der Waals surface area contributed by atoms with E-state index in [-0.39, 0.29) is 17.9 Å². The topological polar surface area (TPSA) is 63.1 Å². The molecule has 1 aromatic carbocycles. The number of benzene rings is 1.